The van der Waals surface area contributed by atoms with Crippen molar-refractivity contribution in [2.24, 2.45) is 0 Å². The highest BCUT2D eigenvalue weighted by Gasteiger charge is 2.10. The van der Waals surface area contributed by atoms with Gasteiger partial charge in [0.05, 0.1) is 11.9 Å². The summed E-state index contributed by atoms with van der Waals surface area (Å²) in [4.78, 5) is 0. The minimum atomic E-state index is -0.293. The zero-order valence-corrected chi connectivity index (χ0v) is 9.94. The van der Waals surface area contributed by atoms with Gasteiger partial charge in [-0.2, -0.15) is 0 Å². The largest absolute Gasteiger partial charge is 0.311 e. The van der Waals surface area contributed by atoms with E-state index in [0.717, 1.165) is 17.8 Å². The molecule has 0 aliphatic rings. The van der Waals surface area contributed by atoms with Crippen LogP contribution >= 0.6 is 0 Å². The third kappa shape index (κ3) is 2.50. The van der Waals surface area contributed by atoms with Crippen molar-refractivity contribution >= 4 is 0 Å². The summed E-state index contributed by atoms with van der Waals surface area (Å²) < 4.78 is 15.3. The smallest absolute Gasteiger partial charge is 0.148 e. The maximum atomic E-state index is 13.7. The Bertz CT molecular complexity index is 507. The molecule has 2 rings (SSSR count). The van der Waals surface area contributed by atoms with Crippen molar-refractivity contribution in [2.75, 3.05) is 6.54 Å². The number of aryl methyl sites for hydroxylation is 1. The summed E-state index contributed by atoms with van der Waals surface area (Å²) >= 11 is 0. The topological polar surface area (TPSA) is 42.7 Å². The van der Waals surface area contributed by atoms with E-state index < -0.39 is 0 Å². The lowest BCUT2D eigenvalue weighted by Crippen LogP contribution is -2.15. The number of nitrogens with zero attached hydrogens (tertiary/aromatic N) is 3. The lowest BCUT2D eigenvalue weighted by atomic mass is 10.2. The van der Waals surface area contributed by atoms with Crippen molar-refractivity contribution in [3.63, 3.8) is 0 Å². The van der Waals surface area contributed by atoms with Crippen LogP contribution in [0.2, 0.25) is 0 Å². The van der Waals surface area contributed by atoms with Crippen LogP contribution in [0, 0.1) is 12.7 Å². The summed E-state index contributed by atoms with van der Waals surface area (Å²) in [6, 6.07) is 4.95. The average Bonchev–Trinajstić information content (AvgIpc) is 2.77. The van der Waals surface area contributed by atoms with Gasteiger partial charge in [0.2, 0.25) is 0 Å². The van der Waals surface area contributed by atoms with Crippen molar-refractivity contribution in [3.05, 3.63) is 41.5 Å². The SMILES string of the molecule is CCNCc1cnnn1-c1cc(C)ccc1F. The minimum absolute atomic E-state index is 0.293. The molecule has 0 unspecified atom stereocenters. The standard InChI is InChI=1S/C12H15FN4/c1-3-14-7-10-8-15-16-17(10)12-6-9(2)4-5-11(12)13/h4-6,8,14H,3,7H2,1-2H3. The van der Waals surface area contributed by atoms with Crippen LogP contribution in [0.15, 0.2) is 24.4 Å². The Labute approximate surface area is 99.5 Å². The molecule has 0 aliphatic carbocycles. The van der Waals surface area contributed by atoms with E-state index in [0.29, 0.717) is 12.2 Å². The fourth-order valence-electron chi connectivity index (χ4n) is 1.62. The molecule has 0 radical (unpaired) electrons. The van der Waals surface area contributed by atoms with Crippen molar-refractivity contribution in [1.29, 1.82) is 0 Å². The molecule has 0 aliphatic heterocycles. The molecule has 1 heterocycles. The van der Waals surface area contributed by atoms with Crippen LogP contribution in [-0.4, -0.2) is 21.5 Å². The molecule has 0 spiro atoms. The van der Waals surface area contributed by atoms with Gasteiger partial charge in [-0.15, -0.1) is 5.10 Å². The predicted octanol–water partition coefficient (Wildman–Crippen LogP) is 1.82. The first kappa shape index (κ1) is 11.7. The number of benzene rings is 1. The molecule has 0 saturated carbocycles. The zero-order valence-electron chi connectivity index (χ0n) is 9.94. The fraction of sp³-hybridized carbons (Fsp3) is 0.333. The van der Waals surface area contributed by atoms with Gasteiger partial charge in [0.15, 0.2) is 0 Å². The van der Waals surface area contributed by atoms with Gasteiger partial charge in [-0.25, -0.2) is 9.07 Å². The molecule has 1 aromatic carbocycles. The maximum absolute atomic E-state index is 13.7. The van der Waals surface area contributed by atoms with Crippen LogP contribution in [-0.2, 0) is 6.54 Å². The number of hydrogen-bond acceptors (Lipinski definition) is 3. The van der Waals surface area contributed by atoms with Crippen molar-refractivity contribution in [3.8, 4) is 5.69 Å². The highest BCUT2D eigenvalue weighted by atomic mass is 19.1. The molecule has 0 bridgehead atoms. The van der Waals surface area contributed by atoms with E-state index in [1.165, 1.54) is 10.7 Å². The lowest BCUT2D eigenvalue weighted by molar-refractivity contribution is 0.595. The first-order valence-corrected chi connectivity index (χ1v) is 5.59. The van der Waals surface area contributed by atoms with Crippen molar-refractivity contribution < 1.29 is 4.39 Å². The second-order valence-electron chi connectivity index (χ2n) is 3.87. The Morgan fingerprint density at radius 1 is 1.41 bits per heavy atom. The van der Waals surface area contributed by atoms with Gasteiger partial charge >= 0.3 is 0 Å². The van der Waals surface area contributed by atoms with Crippen LogP contribution in [0.1, 0.15) is 18.2 Å². The second-order valence-corrected chi connectivity index (χ2v) is 3.87. The Balaban J connectivity index is 2.38. The molecule has 0 amide bonds. The van der Waals surface area contributed by atoms with Crippen LogP contribution in [0.4, 0.5) is 4.39 Å². The van der Waals surface area contributed by atoms with E-state index >= 15 is 0 Å². The van der Waals surface area contributed by atoms with Crippen LogP contribution < -0.4 is 5.32 Å². The van der Waals surface area contributed by atoms with Gasteiger partial charge in [0, 0.05) is 6.54 Å². The summed E-state index contributed by atoms with van der Waals surface area (Å²) in [6.45, 7) is 5.41. The normalized spacial score (nSPS) is 10.8. The summed E-state index contributed by atoms with van der Waals surface area (Å²) in [6.07, 6.45) is 1.64. The van der Waals surface area contributed by atoms with E-state index in [2.05, 4.69) is 15.6 Å². The van der Waals surface area contributed by atoms with Crippen LogP contribution in [0.25, 0.3) is 5.69 Å². The maximum Gasteiger partial charge on any atom is 0.148 e. The molecular formula is C12H15FN4. The Morgan fingerprint density at radius 3 is 3.00 bits per heavy atom. The third-order valence-corrected chi connectivity index (χ3v) is 2.51. The Morgan fingerprint density at radius 2 is 2.24 bits per heavy atom. The lowest BCUT2D eigenvalue weighted by Gasteiger charge is -2.08. The number of aromatic nitrogens is 3. The highest BCUT2D eigenvalue weighted by molar-refractivity contribution is 5.37. The van der Waals surface area contributed by atoms with E-state index in [4.69, 9.17) is 0 Å². The first-order chi connectivity index (χ1) is 8.22. The highest BCUT2D eigenvalue weighted by Crippen LogP contribution is 2.15. The second kappa shape index (κ2) is 5.05. The van der Waals surface area contributed by atoms with E-state index in [-0.39, 0.29) is 5.82 Å². The van der Waals surface area contributed by atoms with Gasteiger partial charge < -0.3 is 5.32 Å². The molecule has 2 aromatic rings. The third-order valence-electron chi connectivity index (χ3n) is 2.51. The Hall–Kier alpha value is -1.75. The molecule has 17 heavy (non-hydrogen) atoms. The molecule has 1 N–H and O–H groups in total. The summed E-state index contributed by atoms with van der Waals surface area (Å²) in [7, 11) is 0. The van der Waals surface area contributed by atoms with E-state index in [9.17, 15) is 4.39 Å². The van der Waals surface area contributed by atoms with Gasteiger partial charge in [0.25, 0.3) is 0 Å². The van der Waals surface area contributed by atoms with Gasteiger partial charge in [-0.3, -0.25) is 0 Å². The first-order valence-electron chi connectivity index (χ1n) is 5.59. The molecular weight excluding hydrogens is 219 g/mol. The minimum Gasteiger partial charge on any atom is -0.311 e. The van der Waals surface area contributed by atoms with Gasteiger partial charge in [0.1, 0.15) is 11.5 Å². The number of halogens is 1. The molecule has 90 valence electrons. The van der Waals surface area contributed by atoms with Crippen LogP contribution in [0.5, 0.6) is 0 Å². The molecule has 1 aromatic heterocycles. The summed E-state index contributed by atoms with van der Waals surface area (Å²) in [5.74, 6) is -0.293. The zero-order chi connectivity index (χ0) is 12.3. The Kier molecular flexibility index (Phi) is 3.49. The monoisotopic (exact) mass is 234 g/mol. The summed E-state index contributed by atoms with van der Waals surface area (Å²) in [5.41, 5.74) is 2.28. The number of nitrogens with one attached hydrogen (secondary N) is 1. The average molecular weight is 234 g/mol. The van der Waals surface area contributed by atoms with Crippen molar-refractivity contribution in [2.45, 2.75) is 20.4 Å². The quantitative estimate of drug-likeness (QED) is 0.877. The van der Waals surface area contributed by atoms with Gasteiger partial charge in [-0.05, 0) is 31.2 Å². The number of rotatable bonds is 4. The molecule has 0 atom stereocenters. The van der Waals surface area contributed by atoms with E-state index in [1.807, 2.05) is 13.8 Å². The fourth-order valence-corrected chi connectivity index (χ4v) is 1.62. The molecule has 4 nitrogen and oxygen atoms in total. The molecule has 0 saturated heterocycles. The van der Waals surface area contributed by atoms with Crippen LogP contribution in [0.3, 0.4) is 0 Å². The predicted molar refractivity (Wildman–Crippen MR) is 63.4 cm³/mol. The molecule has 0 fully saturated rings. The van der Waals surface area contributed by atoms with Crippen molar-refractivity contribution in [1.82, 2.24) is 20.3 Å². The number of hydrogen-bond donors (Lipinski definition) is 1. The summed E-state index contributed by atoms with van der Waals surface area (Å²) in [5, 5.41) is 10.9. The van der Waals surface area contributed by atoms with E-state index in [1.54, 1.807) is 18.3 Å². The molecule has 5 heteroatoms. The van der Waals surface area contributed by atoms with Gasteiger partial charge in [-0.1, -0.05) is 18.2 Å².